The standard InChI is InChI=1S/C22H27N5O6S/c1-3-27-19-5-4-16(34(30,31)26-9-12-32-13-10-26)14-18(19)23-20(27)6-7-21(28)24-25-22(29)17-8-11-33-15(17)2/h4-5,8,11,14H,3,6-7,9-10,12-13H2,1-2H3,(H,24,28)(H,25,29). The summed E-state index contributed by atoms with van der Waals surface area (Å²) in [7, 11) is -3.63. The molecule has 1 aliphatic rings. The Labute approximate surface area is 197 Å². The summed E-state index contributed by atoms with van der Waals surface area (Å²) >= 11 is 0. The molecule has 0 atom stereocenters. The van der Waals surface area contributed by atoms with Gasteiger partial charge in [0.05, 0.1) is 41.0 Å². The monoisotopic (exact) mass is 489 g/mol. The number of amides is 2. The number of aromatic nitrogens is 2. The lowest BCUT2D eigenvalue weighted by atomic mass is 10.2. The van der Waals surface area contributed by atoms with Crippen molar-refractivity contribution in [3.05, 3.63) is 47.7 Å². The Morgan fingerprint density at radius 1 is 1.15 bits per heavy atom. The number of carbonyl (C=O) groups is 2. The van der Waals surface area contributed by atoms with Crippen molar-refractivity contribution in [1.82, 2.24) is 24.7 Å². The Hall–Kier alpha value is -3.22. The Kier molecular flexibility index (Phi) is 7.00. The number of aryl methyl sites for hydroxylation is 3. The Bertz CT molecular complexity index is 1310. The first-order chi connectivity index (χ1) is 16.3. The van der Waals surface area contributed by atoms with Crippen LogP contribution in [0.3, 0.4) is 0 Å². The molecule has 182 valence electrons. The minimum atomic E-state index is -3.63. The Morgan fingerprint density at radius 2 is 1.91 bits per heavy atom. The number of nitrogens with one attached hydrogen (secondary N) is 2. The van der Waals surface area contributed by atoms with Crippen molar-refractivity contribution in [2.45, 2.75) is 38.1 Å². The van der Waals surface area contributed by atoms with Crippen LogP contribution in [0.1, 0.15) is 35.3 Å². The fourth-order valence-corrected chi connectivity index (χ4v) is 5.33. The summed E-state index contributed by atoms with van der Waals surface area (Å²) in [5, 5.41) is 0. The number of benzene rings is 1. The number of carbonyl (C=O) groups excluding carboxylic acids is 2. The number of ether oxygens (including phenoxy) is 1. The molecule has 1 aromatic carbocycles. The quantitative estimate of drug-likeness (QED) is 0.479. The summed E-state index contributed by atoms with van der Waals surface area (Å²) < 4.78 is 39.7. The molecule has 2 aromatic heterocycles. The van der Waals surface area contributed by atoms with Crippen LogP contribution in [0.15, 0.2) is 39.8 Å². The third-order valence-corrected chi connectivity index (χ3v) is 7.61. The Morgan fingerprint density at radius 3 is 2.59 bits per heavy atom. The number of imidazole rings is 1. The maximum Gasteiger partial charge on any atom is 0.273 e. The number of sulfonamides is 1. The minimum Gasteiger partial charge on any atom is -0.469 e. The maximum atomic E-state index is 13.0. The van der Waals surface area contributed by atoms with Gasteiger partial charge < -0.3 is 13.7 Å². The highest BCUT2D eigenvalue weighted by atomic mass is 32.2. The third-order valence-electron chi connectivity index (χ3n) is 5.72. The van der Waals surface area contributed by atoms with Crippen LogP contribution in [0, 0.1) is 6.92 Å². The molecule has 0 bridgehead atoms. The predicted octanol–water partition coefficient (Wildman–Crippen LogP) is 1.37. The summed E-state index contributed by atoms with van der Waals surface area (Å²) in [5.41, 5.74) is 6.45. The second kappa shape index (κ2) is 9.95. The van der Waals surface area contributed by atoms with Crippen molar-refractivity contribution >= 4 is 32.9 Å². The van der Waals surface area contributed by atoms with Gasteiger partial charge >= 0.3 is 0 Å². The van der Waals surface area contributed by atoms with Gasteiger partial charge in [-0.25, -0.2) is 13.4 Å². The highest BCUT2D eigenvalue weighted by Crippen LogP contribution is 2.24. The zero-order valence-electron chi connectivity index (χ0n) is 19.0. The molecule has 0 saturated carbocycles. The highest BCUT2D eigenvalue weighted by molar-refractivity contribution is 7.89. The molecule has 2 amide bonds. The van der Waals surface area contributed by atoms with Gasteiger partial charge in [0.2, 0.25) is 15.9 Å². The SMILES string of the molecule is CCn1c(CCC(=O)NNC(=O)c2ccoc2C)nc2cc(S(=O)(=O)N3CCOCC3)ccc21. The lowest BCUT2D eigenvalue weighted by Crippen LogP contribution is -2.41. The van der Waals surface area contributed by atoms with E-state index in [0.29, 0.717) is 61.9 Å². The molecule has 11 nitrogen and oxygen atoms in total. The summed E-state index contributed by atoms with van der Waals surface area (Å²) in [6, 6.07) is 6.43. The van der Waals surface area contributed by atoms with E-state index in [1.54, 1.807) is 25.1 Å². The van der Waals surface area contributed by atoms with Gasteiger partial charge in [0.15, 0.2) is 0 Å². The molecule has 34 heavy (non-hydrogen) atoms. The number of fused-ring (bicyclic) bond motifs is 1. The van der Waals surface area contributed by atoms with Crippen molar-refractivity contribution in [3.63, 3.8) is 0 Å². The first-order valence-corrected chi connectivity index (χ1v) is 12.5. The van der Waals surface area contributed by atoms with Crippen LogP contribution >= 0.6 is 0 Å². The number of hydrazine groups is 1. The van der Waals surface area contributed by atoms with Gasteiger partial charge in [0.1, 0.15) is 11.6 Å². The van der Waals surface area contributed by atoms with Gasteiger partial charge in [-0.3, -0.25) is 20.4 Å². The lowest BCUT2D eigenvalue weighted by molar-refractivity contribution is -0.121. The Balaban J connectivity index is 1.44. The molecule has 4 rings (SSSR count). The van der Waals surface area contributed by atoms with Gasteiger partial charge in [-0.15, -0.1) is 0 Å². The van der Waals surface area contributed by atoms with Crippen LogP contribution in [0.4, 0.5) is 0 Å². The molecule has 0 radical (unpaired) electrons. The fraction of sp³-hybridized carbons (Fsp3) is 0.409. The van der Waals surface area contributed by atoms with Crippen LogP contribution in [-0.4, -0.2) is 60.4 Å². The molecular formula is C22H27N5O6S. The molecule has 3 aromatic rings. The van der Waals surface area contributed by atoms with E-state index in [0.717, 1.165) is 5.52 Å². The predicted molar refractivity (Wildman–Crippen MR) is 122 cm³/mol. The number of nitrogens with zero attached hydrogens (tertiary/aromatic N) is 3. The van der Waals surface area contributed by atoms with Gasteiger partial charge in [0, 0.05) is 32.5 Å². The minimum absolute atomic E-state index is 0.0902. The molecule has 1 aliphatic heterocycles. The van der Waals surface area contributed by atoms with E-state index in [-0.39, 0.29) is 17.2 Å². The topological polar surface area (TPSA) is 136 Å². The molecule has 12 heteroatoms. The normalized spacial score (nSPS) is 14.9. The largest absolute Gasteiger partial charge is 0.469 e. The fourth-order valence-electron chi connectivity index (χ4n) is 3.90. The summed E-state index contributed by atoms with van der Waals surface area (Å²) in [5.74, 6) is 0.276. The zero-order valence-corrected chi connectivity index (χ0v) is 19.9. The third kappa shape index (κ3) is 4.83. The molecular weight excluding hydrogens is 462 g/mol. The van der Waals surface area contributed by atoms with Crippen LogP contribution < -0.4 is 10.9 Å². The molecule has 0 unspecified atom stereocenters. The summed E-state index contributed by atoms with van der Waals surface area (Å²) in [4.78, 5) is 29.1. The first kappa shape index (κ1) is 23.9. The van der Waals surface area contributed by atoms with E-state index in [1.165, 1.54) is 16.6 Å². The van der Waals surface area contributed by atoms with Crippen molar-refractivity contribution in [1.29, 1.82) is 0 Å². The summed E-state index contributed by atoms with van der Waals surface area (Å²) in [6.07, 6.45) is 1.81. The molecule has 3 heterocycles. The molecule has 0 aliphatic carbocycles. The maximum absolute atomic E-state index is 13.0. The zero-order chi connectivity index (χ0) is 24.3. The highest BCUT2D eigenvalue weighted by Gasteiger charge is 2.27. The van der Waals surface area contributed by atoms with E-state index in [9.17, 15) is 18.0 Å². The average molecular weight is 490 g/mol. The van der Waals surface area contributed by atoms with Crippen LogP contribution in [-0.2, 0) is 32.5 Å². The van der Waals surface area contributed by atoms with Crippen molar-refractivity contribution in [2.24, 2.45) is 0 Å². The van der Waals surface area contributed by atoms with Gasteiger partial charge in [-0.2, -0.15) is 4.31 Å². The molecule has 0 spiro atoms. The average Bonchev–Trinajstić information content (AvgIpc) is 3.43. The van der Waals surface area contributed by atoms with Gasteiger partial charge in [-0.05, 0) is 38.1 Å². The second-order valence-electron chi connectivity index (χ2n) is 7.83. The molecule has 1 saturated heterocycles. The van der Waals surface area contributed by atoms with Crippen LogP contribution in [0.25, 0.3) is 11.0 Å². The van der Waals surface area contributed by atoms with Crippen molar-refractivity contribution in [2.75, 3.05) is 26.3 Å². The van der Waals surface area contributed by atoms with Crippen LogP contribution in [0.5, 0.6) is 0 Å². The number of morpholine rings is 1. The van der Waals surface area contributed by atoms with Crippen LogP contribution in [0.2, 0.25) is 0 Å². The second-order valence-corrected chi connectivity index (χ2v) is 9.77. The lowest BCUT2D eigenvalue weighted by Gasteiger charge is -2.26. The van der Waals surface area contributed by atoms with Gasteiger partial charge in [0.25, 0.3) is 5.91 Å². The van der Waals surface area contributed by atoms with E-state index in [1.807, 2.05) is 11.5 Å². The summed E-state index contributed by atoms with van der Waals surface area (Å²) in [6.45, 7) is 5.61. The number of rotatable bonds is 7. The number of furan rings is 1. The smallest absolute Gasteiger partial charge is 0.273 e. The van der Waals surface area contributed by atoms with Crippen molar-refractivity contribution in [3.8, 4) is 0 Å². The first-order valence-electron chi connectivity index (χ1n) is 11.0. The van der Waals surface area contributed by atoms with E-state index in [2.05, 4.69) is 15.8 Å². The van der Waals surface area contributed by atoms with E-state index < -0.39 is 15.9 Å². The van der Waals surface area contributed by atoms with Crippen molar-refractivity contribution < 1.29 is 27.2 Å². The number of hydrogen-bond acceptors (Lipinski definition) is 7. The molecule has 1 fully saturated rings. The van der Waals surface area contributed by atoms with E-state index >= 15 is 0 Å². The van der Waals surface area contributed by atoms with Gasteiger partial charge in [-0.1, -0.05) is 0 Å². The number of hydrogen-bond donors (Lipinski definition) is 2. The van der Waals surface area contributed by atoms with E-state index in [4.69, 9.17) is 9.15 Å². The molecule has 2 N–H and O–H groups in total.